The first-order chi connectivity index (χ1) is 11.6. The van der Waals surface area contributed by atoms with Crippen LogP contribution in [0.25, 0.3) is 0 Å². The van der Waals surface area contributed by atoms with Gasteiger partial charge in [0.1, 0.15) is 23.2 Å². The van der Waals surface area contributed by atoms with Crippen molar-refractivity contribution in [1.29, 1.82) is 0 Å². The van der Waals surface area contributed by atoms with Crippen molar-refractivity contribution in [2.45, 2.75) is 25.3 Å². The lowest BCUT2D eigenvalue weighted by Gasteiger charge is -2.33. The molecule has 0 bridgehead atoms. The predicted octanol–water partition coefficient (Wildman–Crippen LogP) is 1.71. The number of fused-ring (bicyclic) bond motifs is 1. The number of phenolic OH excluding ortho intramolecular Hbond substituents is 1. The molecular weight excluding hydrogens is 308 g/mol. The summed E-state index contributed by atoms with van der Waals surface area (Å²) in [6, 6.07) is 6.23. The van der Waals surface area contributed by atoms with Gasteiger partial charge in [0.2, 0.25) is 0 Å². The van der Waals surface area contributed by atoms with E-state index in [2.05, 4.69) is 10.4 Å². The summed E-state index contributed by atoms with van der Waals surface area (Å²) in [5.74, 6) is 0.160. The van der Waals surface area contributed by atoms with Crippen LogP contribution in [0.2, 0.25) is 0 Å². The minimum Gasteiger partial charge on any atom is -0.508 e. The highest BCUT2D eigenvalue weighted by molar-refractivity contribution is 6.02. The molecule has 4 rings (SSSR count). The van der Waals surface area contributed by atoms with E-state index in [1.807, 2.05) is 0 Å². The lowest BCUT2D eigenvalue weighted by Crippen LogP contribution is -2.32. The Hall–Kier alpha value is -3.09. The molecule has 1 amide bonds. The molecule has 0 fully saturated rings. The zero-order chi connectivity index (χ0) is 16.8. The summed E-state index contributed by atoms with van der Waals surface area (Å²) in [5, 5.41) is 17.0. The van der Waals surface area contributed by atoms with Crippen molar-refractivity contribution >= 4 is 17.5 Å². The van der Waals surface area contributed by atoms with Gasteiger partial charge in [-0.25, -0.2) is 4.68 Å². The molecule has 0 saturated heterocycles. The molecule has 24 heavy (non-hydrogen) atoms. The van der Waals surface area contributed by atoms with E-state index in [0.29, 0.717) is 23.4 Å². The summed E-state index contributed by atoms with van der Waals surface area (Å²) in [6.45, 7) is 0. The van der Waals surface area contributed by atoms with Crippen LogP contribution in [0, 0.1) is 0 Å². The largest absolute Gasteiger partial charge is 0.508 e. The average Bonchev–Trinajstić information content (AvgIpc) is 2.98. The number of hydrogen-bond donors (Lipinski definition) is 3. The van der Waals surface area contributed by atoms with Gasteiger partial charge in [0.15, 0.2) is 5.78 Å². The Balaban J connectivity index is 1.93. The average molecular weight is 324 g/mol. The number of allylic oxidation sites excluding steroid dienone is 2. The highest BCUT2D eigenvalue weighted by atomic mass is 16.3. The molecule has 0 spiro atoms. The number of hydrogen-bond acceptors (Lipinski definition) is 5. The highest BCUT2D eigenvalue weighted by Gasteiger charge is 2.37. The molecule has 4 N–H and O–H groups in total. The number of aromatic hydroxyl groups is 1. The van der Waals surface area contributed by atoms with Crippen LogP contribution in [-0.4, -0.2) is 26.6 Å². The summed E-state index contributed by atoms with van der Waals surface area (Å²) in [5.41, 5.74) is 8.03. The molecule has 2 heterocycles. The van der Waals surface area contributed by atoms with Gasteiger partial charge in [-0.15, -0.1) is 0 Å². The molecule has 7 heteroatoms. The lowest BCUT2D eigenvalue weighted by molar-refractivity contribution is -0.116. The van der Waals surface area contributed by atoms with Crippen LogP contribution in [0.4, 0.5) is 5.82 Å². The normalized spacial score (nSPS) is 19.5. The van der Waals surface area contributed by atoms with Gasteiger partial charge in [0.25, 0.3) is 5.91 Å². The third-order valence-electron chi connectivity index (χ3n) is 4.51. The molecule has 2 aliphatic rings. The number of ketones is 1. The Labute approximate surface area is 137 Å². The molecule has 1 aromatic carbocycles. The molecule has 1 aliphatic heterocycles. The fourth-order valence-corrected chi connectivity index (χ4v) is 3.40. The number of primary amides is 1. The van der Waals surface area contributed by atoms with Crippen molar-refractivity contribution in [3.8, 4) is 5.75 Å². The van der Waals surface area contributed by atoms with Crippen LogP contribution in [0.3, 0.4) is 0 Å². The van der Waals surface area contributed by atoms with Gasteiger partial charge in [-0.2, -0.15) is 5.10 Å². The smallest absolute Gasteiger partial charge is 0.254 e. The Bertz CT molecular complexity index is 880. The molecular formula is C17H16N4O3. The summed E-state index contributed by atoms with van der Waals surface area (Å²) in [7, 11) is 0. The Morgan fingerprint density at radius 2 is 2.04 bits per heavy atom. The third kappa shape index (κ3) is 2.09. The van der Waals surface area contributed by atoms with Crippen molar-refractivity contribution in [2.24, 2.45) is 5.73 Å². The predicted molar refractivity (Wildman–Crippen MR) is 86.5 cm³/mol. The first kappa shape index (κ1) is 14.5. The van der Waals surface area contributed by atoms with Gasteiger partial charge in [-0.1, -0.05) is 12.1 Å². The number of amides is 1. The number of nitrogens with one attached hydrogen (secondary N) is 1. The maximum atomic E-state index is 12.5. The van der Waals surface area contributed by atoms with E-state index in [1.165, 1.54) is 6.20 Å². The maximum Gasteiger partial charge on any atom is 0.254 e. The van der Waals surface area contributed by atoms with Crippen molar-refractivity contribution in [3.63, 3.8) is 0 Å². The monoisotopic (exact) mass is 324 g/mol. The topological polar surface area (TPSA) is 110 Å². The third-order valence-corrected chi connectivity index (χ3v) is 4.51. The fourth-order valence-electron chi connectivity index (χ4n) is 3.40. The van der Waals surface area contributed by atoms with Crippen molar-refractivity contribution < 1.29 is 14.7 Å². The summed E-state index contributed by atoms with van der Waals surface area (Å²) in [4.78, 5) is 24.2. The molecule has 1 atom stereocenters. The van der Waals surface area contributed by atoms with Crippen molar-refractivity contribution in [2.75, 3.05) is 5.32 Å². The number of carbonyl (C=O) groups is 2. The van der Waals surface area contributed by atoms with Gasteiger partial charge >= 0.3 is 0 Å². The number of benzene rings is 1. The number of carbonyl (C=O) groups excluding carboxylic acids is 2. The Morgan fingerprint density at radius 1 is 1.29 bits per heavy atom. The van der Waals surface area contributed by atoms with Crippen molar-refractivity contribution in [3.05, 3.63) is 52.9 Å². The van der Waals surface area contributed by atoms with Crippen molar-refractivity contribution in [1.82, 2.24) is 9.78 Å². The molecule has 1 unspecified atom stereocenters. The lowest BCUT2D eigenvalue weighted by atomic mass is 9.85. The molecule has 7 nitrogen and oxygen atoms in total. The minimum atomic E-state index is -0.570. The van der Waals surface area contributed by atoms with E-state index >= 15 is 0 Å². The standard InChI is InChI=1S/C17H16N4O3/c18-16(24)11-8-19-21-15(9-4-6-10(22)7-5-9)14-12(20-17(11)21)2-1-3-13(14)23/h4-8,15,20,22H,1-3H2,(H2,18,24). The first-order valence-corrected chi connectivity index (χ1v) is 7.76. The number of aromatic nitrogens is 2. The zero-order valence-electron chi connectivity index (χ0n) is 12.8. The Morgan fingerprint density at radius 3 is 2.75 bits per heavy atom. The van der Waals surface area contributed by atoms with Crippen LogP contribution in [0.5, 0.6) is 5.75 Å². The van der Waals surface area contributed by atoms with E-state index in [1.54, 1.807) is 28.9 Å². The number of Topliss-reactive ketones (excluding diaryl/α,β-unsaturated/α-hetero) is 1. The number of nitrogens with two attached hydrogens (primary N) is 1. The van der Waals surface area contributed by atoms with E-state index in [4.69, 9.17) is 5.73 Å². The first-order valence-electron chi connectivity index (χ1n) is 7.76. The van der Waals surface area contributed by atoms with Crippen LogP contribution in [0.1, 0.15) is 41.2 Å². The van der Waals surface area contributed by atoms with Crippen LogP contribution < -0.4 is 11.1 Å². The molecule has 2 aromatic rings. The zero-order valence-corrected chi connectivity index (χ0v) is 12.8. The van der Waals surface area contributed by atoms with Gasteiger partial charge in [0.05, 0.1) is 6.20 Å². The van der Waals surface area contributed by atoms with E-state index in [9.17, 15) is 14.7 Å². The second-order valence-electron chi connectivity index (χ2n) is 6.00. The molecule has 1 aromatic heterocycles. The van der Waals surface area contributed by atoms with E-state index in [0.717, 1.165) is 24.1 Å². The van der Waals surface area contributed by atoms with E-state index < -0.39 is 11.9 Å². The summed E-state index contributed by atoms with van der Waals surface area (Å²) >= 11 is 0. The number of phenols is 1. The van der Waals surface area contributed by atoms with Gasteiger partial charge in [-0.3, -0.25) is 9.59 Å². The van der Waals surface area contributed by atoms with Gasteiger partial charge < -0.3 is 16.2 Å². The number of anilines is 1. The summed E-state index contributed by atoms with van der Waals surface area (Å²) in [6.07, 6.45) is 3.42. The molecule has 0 radical (unpaired) electrons. The molecule has 0 saturated carbocycles. The highest BCUT2D eigenvalue weighted by Crippen LogP contribution is 2.41. The quantitative estimate of drug-likeness (QED) is 0.779. The van der Waals surface area contributed by atoms with Crippen LogP contribution >= 0.6 is 0 Å². The Kier molecular flexibility index (Phi) is 3.16. The summed E-state index contributed by atoms with van der Waals surface area (Å²) < 4.78 is 1.62. The van der Waals surface area contributed by atoms with Crippen LogP contribution in [0.15, 0.2) is 41.7 Å². The molecule has 1 aliphatic carbocycles. The van der Waals surface area contributed by atoms with Crippen LogP contribution in [-0.2, 0) is 4.79 Å². The minimum absolute atomic E-state index is 0.0728. The van der Waals surface area contributed by atoms with Gasteiger partial charge in [0, 0.05) is 17.7 Å². The SMILES string of the molecule is NC(=O)c1cnn2c1NC1=C(C(=O)CCC1)C2c1ccc(O)cc1. The fraction of sp³-hybridized carbons (Fsp3) is 0.235. The second-order valence-corrected chi connectivity index (χ2v) is 6.00. The number of rotatable bonds is 2. The molecule has 122 valence electrons. The second kappa shape index (κ2) is 5.23. The number of nitrogens with zero attached hydrogens (tertiary/aromatic N) is 2. The van der Waals surface area contributed by atoms with E-state index in [-0.39, 0.29) is 11.5 Å². The van der Waals surface area contributed by atoms with Gasteiger partial charge in [-0.05, 0) is 30.5 Å². The maximum absolute atomic E-state index is 12.5.